The molecule has 136 valence electrons. The van der Waals surface area contributed by atoms with E-state index in [1.807, 2.05) is 18.2 Å². The van der Waals surface area contributed by atoms with Gasteiger partial charge < -0.3 is 15.6 Å². The zero-order valence-electron chi connectivity index (χ0n) is 14.9. The topological polar surface area (TPSA) is 48.3 Å². The number of para-hydroxylation sites is 1. The summed E-state index contributed by atoms with van der Waals surface area (Å²) >= 11 is 6.11. The maximum atomic E-state index is 6.47. The number of halogens is 1. The van der Waals surface area contributed by atoms with Crippen molar-refractivity contribution < 1.29 is 0 Å². The molecule has 0 unspecified atom stereocenters. The molecule has 4 nitrogen and oxygen atoms in total. The predicted octanol–water partition coefficient (Wildman–Crippen LogP) is 3.51. The minimum atomic E-state index is 0.145. The number of fused-ring (bicyclic) bond motifs is 1. The van der Waals surface area contributed by atoms with Crippen molar-refractivity contribution in [2.45, 2.75) is 12.5 Å². The second-order valence-corrected chi connectivity index (χ2v) is 7.53. The molecule has 1 aliphatic rings. The number of aromatic nitrogens is 1. The molecule has 4 rings (SSSR count). The van der Waals surface area contributed by atoms with Gasteiger partial charge in [0.15, 0.2) is 0 Å². The highest BCUT2D eigenvalue weighted by Gasteiger charge is 2.19. The van der Waals surface area contributed by atoms with Gasteiger partial charge >= 0.3 is 0 Å². The number of hydrogen-bond donors (Lipinski definition) is 2. The molecule has 5 heteroatoms. The van der Waals surface area contributed by atoms with E-state index in [1.165, 1.54) is 22.2 Å². The van der Waals surface area contributed by atoms with E-state index in [4.69, 9.17) is 17.3 Å². The van der Waals surface area contributed by atoms with Gasteiger partial charge in [0, 0.05) is 66.6 Å². The minimum Gasteiger partial charge on any atom is -0.369 e. The summed E-state index contributed by atoms with van der Waals surface area (Å²) in [4.78, 5) is 8.21. The van der Waals surface area contributed by atoms with Crippen LogP contribution < -0.4 is 10.6 Å². The second-order valence-electron chi connectivity index (χ2n) is 7.09. The highest BCUT2D eigenvalue weighted by molar-refractivity contribution is 6.30. The summed E-state index contributed by atoms with van der Waals surface area (Å²) in [6.45, 7) is 5.03. The SMILES string of the molecule is N[C@H](Cc1c[nH]c2ccccc12)CN1CCN(c2cccc(Cl)c2)CC1. The molecule has 3 aromatic rings. The van der Waals surface area contributed by atoms with Gasteiger partial charge in [-0.1, -0.05) is 35.9 Å². The molecule has 0 aliphatic carbocycles. The Balaban J connectivity index is 1.31. The largest absolute Gasteiger partial charge is 0.369 e. The molecule has 2 aromatic carbocycles. The Bertz CT molecular complexity index is 867. The number of anilines is 1. The number of nitrogens with two attached hydrogens (primary N) is 1. The van der Waals surface area contributed by atoms with Gasteiger partial charge in [-0.25, -0.2) is 0 Å². The Kier molecular flexibility index (Phi) is 5.16. The lowest BCUT2D eigenvalue weighted by Gasteiger charge is -2.37. The van der Waals surface area contributed by atoms with Crippen LogP contribution in [0.25, 0.3) is 10.9 Å². The number of benzene rings is 2. The van der Waals surface area contributed by atoms with Crippen LogP contribution >= 0.6 is 11.6 Å². The summed E-state index contributed by atoms with van der Waals surface area (Å²) in [6.07, 6.45) is 3.00. The van der Waals surface area contributed by atoms with Gasteiger partial charge in [-0.2, -0.15) is 0 Å². The van der Waals surface area contributed by atoms with Crippen LogP contribution in [0.5, 0.6) is 0 Å². The van der Waals surface area contributed by atoms with Gasteiger partial charge in [0.2, 0.25) is 0 Å². The van der Waals surface area contributed by atoms with Crippen LogP contribution in [-0.2, 0) is 6.42 Å². The molecule has 1 saturated heterocycles. The zero-order chi connectivity index (χ0) is 17.9. The Morgan fingerprint density at radius 3 is 2.65 bits per heavy atom. The van der Waals surface area contributed by atoms with E-state index in [1.54, 1.807) is 0 Å². The average Bonchev–Trinajstić information content (AvgIpc) is 3.05. The van der Waals surface area contributed by atoms with Crippen LogP contribution in [0.1, 0.15) is 5.56 Å². The Morgan fingerprint density at radius 1 is 1.04 bits per heavy atom. The second kappa shape index (κ2) is 7.70. The molecule has 0 amide bonds. The molecule has 0 saturated carbocycles. The summed E-state index contributed by atoms with van der Waals surface area (Å²) in [5, 5.41) is 2.08. The fraction of sp³-hybridized carbons (Fsp3) is 0.333. The van der Waals surface area contributed by atoms with E-state index in [-0.39, 0.29) is 6.04 Å². The molecule has 1 fully saturated rings. The molecule has 26 heavy (non-hydrogen) atoms. The number of aromatic amines is 1. The first-order valence-corrected chi connectivity index (χ1v) is 9.60. The first-order chi connectivity index (χ1) is 12.7. The van der Waals surface area contributed by atoms with E-state index in [0.717, 1.165) is 44.2 Å². The van der Waals surface area contributed by atoms with Crippen LogP contribution in [0.4, 0.5) is 5.69 Å². The highest BCUT2D eigenvalue weighted by Crippen LogP contribution is 2.21. The van der Waals surface area contributed by atoms with Gasteiger partial charge in [0.25, 0.3) is 0 Å². The number of nitrogens with one attached hydrogen (secondary N) is 1. The molecule has 3 N–H and O–H groups in total. The van der Waals surface area contributed by atoms with Crippen molar-refractivity contribution in [2.75, 3.05) is 37.6 Å². The van der Waals surface area contributed by atoms with Crippen molar-refractivity contribution >= 4 is 28.2 Å². The third kappa shape index (κ3) is 3.88. The van der Waals surface area contributed by atoms with Crippen LogP contribution in [-0.4, -0.2) is 48.6 Å². The van der Waals surface area contributed by atoms with Gasteiger partial charge in [0.05, 0.1) is 0 Å². The third-order valence-electron chi connectivity index (χ3n) is 5.20. The predicted molar refractivity (Wildman–Crippen MR) is 110 cm³/mol. The van der Waals surface area contributed by atoms with Crippen molar-refractivity contribution in [2.24, 2.45) is 5.73 Å². The van der Waals surface area contributed by atoms with E-state index < -0.39 is 0 Å². The monoisotopic (exact) mass is 368 g/mol. The number of rotatable bonds is 5. The Hall–Kier alpha value is -2.01. The zero-order valence-corrected chi connectivity index (χ0v) is 15.6. The van der Waals surface area contributed by atoms with E-state index in [2.05, 4.69) is 51.3 Å². The first kappa shape index (κ1) is 17.4. The molecule has 1 atom stereocenters. The molecule has 0 bridgehead atoms. The van der Waals surface area contributed by atoms with Gasteiger partial charge in [-0.15, -0.1) is 0 Å². The maximum Gasteiger partial charge on any atom is 0.0456 e. The normalized spacial score (nSPS) is 16.9. The van der Waals surface area contributed by atoms with Gasteiger partial charge in [0.1, 0.15) is 0 Å². The fourth-order valence-electron chi connectivity index (χ4n) is 3.84. The molecule has 1 aliphatic heterocycles. The highest BCUT2D eigenvalue weighted by atomic mass is 35.5. The van der Waals surface area contributed by atoms with Gasteiger partial charge in [-0.05, 0) is 36.2 Å². The molecule has 1 aromatic heterocycles. The number of nitrogens with zero attached hydrogens (tertiary/aromatic N) is 2. The lowest BCUT2D eigenvalue weighted by molar-refractivity contribution is 0.242. The van der Waals surface area contributed by atoms with Crippen LogP contribution in [0.2, 0.25) is 5.02 Å². The molecular formula is C21H25ClN4. The number of hydrogen-bond acceptors (Lipinski definition) is 3. The van der Waals surface area contributed by atoms with Crippen molar-refractivity contribution in [1.82, 2.24) is 9.88 Å². The van der Waals surface area contributed by atoms with Crippen LogP contribution in [0.3, 0.4) is 0 Å². The average molecular weight is 369 g/mol. The van der Waals surface area contributed by atoms with Crippen molar-refractivity contribution in [3.8, 4) is 0 Å². The summed E-state index contributed by atoms with van der Waals surface area (Å²) in [7, 11) is 0. The van der Waals surface area contributed by atoms with Crippen molar-refractivity contribution in [3.63, 3.8) is 0 Å². The quantitative estimate of drug-likeness (QED) is 0.724. The minimum absolute atomic E-state index is 0.145. The number of H-pyrrole nitrogens is 1. The summed E-state index contributed by atoms with van der Waals surface area (Å²) in [6, 6.07) is 16.7. The van der Waals surface area contributed by atoms with Crippen LogP contribution in [0.15, 0.2) is 54.7 Å². The molecule has 2 heterocycles. The maximum absolute atomic E-state index is 6.47. The first-order valence-electron chi connectivity index (χ1n) is 9.22. The summed E-state index contributed by atoms with van der Waals surface area (Å²) in [5.41, 5.74) is 10.2. The van der Waals surface area contributed by atoms with E-state index >= 15 is 0 Å². The van der Waals surface area contributed by atoms with Crippen molar-refractivity contribution in [1.29, 1.82) is 0 Å². The Morgan fingerprint density at radius 2 is 1.85 bits per heavy atom. The van der Waals surface area contributed by atoms with Crippen LogP contribution in [0, 0.1) is 0 Å². The smallest absolute Gasteiger partial charge is 0.0456 e. The number of piperazine rings is 1. The summed E-state index contributed by atoms with van der Waals surface area (Å²) < 4.78 is 0. The summed E-state index contributed by atoms with van der Waals surface area (Å²) in [5.74, 6) is 0. The Labute approximate surface area is 159 Å². The van der Waals surface area contributed by atoms with Crippen molar-refractivity contribution in [3.05, 3.63) is 65.3 Å². The lowest BCUT2D eigenvalue weighted by Crippen LogP contribution is -2.50. The van der Waals surface area contributed by atoms with E-state index in [0.29, 0.717) is 0 Å². The fourth-order valence-corrected chi connectivity index (χ4v) is 4.03. The van der Waals surface area contributed by atoms with Gasteiger partial charge in [-0.3, -0.25) is 4.90 Å². The lowest BCUT2D eigenvalue weighted by atomic mass is 10.0. The third-order valence-corrected chi connectivity index (χ3v) is 5.43. The standard InChI is InChI=1S/C21H25ClN4/c22-17-4-3-5-19(13-17)26-10-8-25(9-11-26)15-18(23)12-16-14-24-21-7-2-1-6-20(16)21/h1-7,13-14,18,24H,8-12,15,23H2/t18-/m1/s1. The molecule has 0 spiro atoms. The molecule has 0 radical (unpaired) electrons. The van der Waals surface area contributed by atoms with E-state index in [9.17, 15) is 0 Å². The molecular weight excluding hydrogens is 344 g/mol.